The Labute approximate surface area is 62.4 Å². The zero-order valence-corrected chi connectivity index (χ0v) is 6.43. The smallest absolute Gasteiger partial charge is 0.0541 e. The summed E-state index contributed by atoms with van der Waals surface area (Å²) < 4.78 is 0. The predicted octanol–water partition coefficient (Wildman–Crippen LogP) is 1.56. The summed E-state index contributed by atoms with van der Waals surface area (Å²) in [4.78, 5) is 0. The van der Waals surface area contributed by atoms with E-state index in [9.17, 15) is 0 Å². The Morgan fingerprint density at radius 2 is 2.00 bits per heavy atom. The number of terminal acetylenes is 1. The maximum absolute atomic E-state index is 9.17. The van der Waals surface area contributed by atoms with Crippen LogP contribution in [0.2, 0.25) is 0 Å². The van der Waals surface area contributed by atoms with E-state index >= 15 is 0 Å². The highest BCUT2D eigenvalue weighted by atomic mass is 16.3. The average Bonchev–Trinajstić information content (AvgIpc) is 1.96. The van der Waals surface area contributed by atoms with Gasteiger partial charge >= 0.3 is 0 Å². The van der Waals surface area contributed by atoms with Crippen LogP contribution in [0.3, 0.4) is 0 Å². The first kappa shape index (κ1) is 7.63. The molecule has 0 heterocycles. The van der Waals surface area contributed by atoms with Crippen LogP contribution in [0.25, 0.3) is 0 Å². The van der Waals surface area contributed by atoms with E-state index in [1.165, 1.54) is 0 Å². The summed E-state index contributed by atoms with van der Waals surface area (Å²) >= 11 is 0. The van der Waals surface area contributed by atoms with Crippen LogP contribution in [0.4, 0.5) is 0 Å². The molecular formula is C9H14O. The molecule has 0 radical (unpaired) electrons. The molecule has 1 rings (SSSR count). The van der Waals surface area contributed by atoms with E-state index in [0.29, 0.717) is 0 Å². The van der Waals surface area contributed by atoms with E-state index in [-0.39, 0.29) is 11.5 Å². The van der Waals surface area contributed by atoms with Crippen molar-refractivity contribution in [3.8, 4) is 12.3 Å². The first-order chi connectivity index (χ1) is 4.66. The van der Waals surface area contributed by atoms with E-state index in [1.807, 2.05) is 0 Å². The molecule has 1 N–H and O–H groups in total. The lowest BCUT2D eigenvalue weighted by atomic mass is 9.75. The van der Waals surface area contributed by atoms with Gasteiger partial charge in [0.2, 0.25) is 0 Å². The minimum absolute atomic E-state index is 0.0687. The molecule has 56 valence electrons. The molecule has 0 unspecified atom stereocenters. The molecule has 1 fully saturated rings. The molecule has 0 atom stereocenters. The molecule has 0 spiro atoms. The van der Waals surface area contributed by atoms with E-state index < -0.39 is 0 Å². The molecule has 1 heteroatoms. The molecule has 0 aliphatic heterocycles. The van der Waals surface area contributed by atoms with Gasteiger partial charge in [0.15, 0.2) is 0 Å². The molecule has 1 aliphatic carbocycles. The highest BCUT2D eigenvalue weighted by molar-refractivity contribution is 5.04. The number of hydrogen-bond donors (Lipinski definition) is 1. The molecule has 0 aromatic carbocycles. The average molecular weight is 138 g/mol. The topological polar surface area (TPSA) is 20.2 Å². The van der Waals surface area contributed by atoms with Gasteiger partial charge < -0.3 is 5.11 Å². The van der Waals surface area contributed by atoms with E-state index in [1.54, 1.807) is 0 Å². The summed E-state index contributed by atoms with van der Waals surface area (Å²) in [6.45, 7) is 2.10. The largest absolute Gasteiger partial charge is 0.393 e. The molecule has 1 aliphatic rings. The number of hydrogen-bond acceptors (Lipinski definition) is 1. The molecule has 0 bridgehead atoms. The molecule has 10 heavy (non-hydrogen) atoms. The monoisotopic (exact) mass is 138 g/mol. The van der Waals surface area contributed by atoms with Gasteiger partial charge in [0.1, 0.15) is 0 Å². The highest BCUT2D eigenvalue weighted by Crippen LogP contribution is 2.34. The van der Waals surface area contributed by atoms with E-state index in [4.69, 9.17) is 11.5 Å². The highest BCUT2D eigenvalue weighted by Gasteiger charge is 2.27. The van der Waals surface area contributed by atoms with Crippen molar-refractivity contribution in [1.82, 2.24) is 0 Å². The van der Waals surface area contributed by atoms with Crippen LogP contribution in [-0.2, 0) is 0 Å². The van der Waals surface area contributed by atoms with Gasteiger partial charge in [-0.15, -0.1) is 12.3 Å². The third-order valence-electron chi connectivity index (χ3n) is 2.41. The van der Waals surface area contributed by atoms with Crippen molar-refractivity contribution in [1.29, 1.82) is 0 Å². The third-order valence-corrected chi connectivity index (χ3v) is 2.41. The molecule has 0 amide bonds. The zero-order chi connectivity index (χ0) is 7.61. The van der Waals surface area contributed by atoms with Crippen LogP contribution < -0.4 is 0 Å². The zero-order valence-electron chi connectivity index (χ0n) is 6.43. The van der Waals surface area contributed by atoms with Crippen LogP contribution >= 0.6 is 0 Å². The fourth-order valence-electron chi connectivity index (χ4n) is 1.38. The Kier molecular flexibility index (Phi) is 2.01. The summed E-state index contributed by atoms with van der Waals surface area (Å²) in [7, 11) is 0. The quantitative estimate of drug-likeness (QED) is 0.504. The lowest BCUT2D eigenvalue weighted by Crippen LogP contribution is -2.25. The summed E-state index contributed by atoms with van der Waals surface area (Å²) in [5, 5.41) is 9.17. The van der Waals surface area contributed by atoms with Gasteiger partial charge in [-0.3, -0.25) is 0 Å². The second-order valence-corrected chi connectivity index (χ2v) is 3.44. The Morgan fingerprint density at radius 3 is 2.40 bits per heavy atom. The summed E-state index contributed by atoms with van der Waals surface area (Å²) in [6, 6.07) is 0. The van der Waals surface area contributed by atoms with Crippen LogP contribution in [0.5, 0.6) is 0 Å². The number of aliphatic hydroxyl groups is 1. The summed E-state index contributed by atoms with van der Waals surface area (Å²) in [5.41, 5.74) is 0.0687. The molecule has 0 aromatic heterocycles. The second-order valence-electron chi connectivity index (χ2n) is 3.44. The molecule has 1 nitrogen and oxygen atoms in total. The summed E-state index contributed by atoms with van der Waals surface area (Å²) in [5.74, 6) is 2.79. The summed E-state index contributed by atoms with van der Waals surface area (Å²) in [6.07, 6.45) is 8.96. The normalized spacial score (nSPS) is 40.7. The number of rotatable bonds is 0. The second kappa shape index (κ2) is 2.64. The standard InChI is InChI=1S/C9H14O/c1-3-9(2)6-4-8(10)5-7-9/h1,8,10H,4-7H2,2H3. The van der Waals surface area contributed by atoms with Gasteiger partial charge in [-0.2, -0.15) is 0 Å². The molecular weight excluding hydrogens is 124 g/mol. The fourth-order valence-corrected chi connectivity index (χ4v) is 1.38. The Morgan fingerprint density at radius 1 is 1.50 bits per heavy atom. The van der Waals surface area contributed by atoms with Gasteiger partial charge in [0, 0.05) is 5.41 Å². The van der Waals surface area contributed by atoms with Crippen molar-refractivity contribution in [2.45, 2.75) is 38.7 Å². The maximum atomic E-state index is 9.17. The minimum Gasteiger partial charge on any atom is -0.393 e. The lowest BCUT2D eigenvalue weighted by Gasteiger charge is -2.30. The van der Waals surface area contributed by atoms with Gasteiger partial charge in [0.05, 0.1) is 6.10 Å². The Hall–Kier alpha value is -0.480. The van der Waals surface area contributed by atoms with Crippen molar-refractivity contribution in [2.24, 2.45) is 5.41 Å². The van der Waals surface area contributed by atoms with Crippen molar-refractivity contribution >= 4 is 0 Å². The van der Waals surface area contributed by atoms with E-state index in [2.05, 4.69) is 12.8 Å². The van der Waals surface area contributed by atoms with E-state index in [0.717, 1.165) is 25.7 Å². The van der Waals surface area contributed by atoms with Crippen molar-refractivity contribution in [2.75, 3.05) is 0 Å². The fraction of sp³-hybridized carbons (Fsp3) is 0.778. The van der Waals surface area contributed by atoms with Crippen LogP contribution in [0.1, 0.15) is 32.6 Å². The first-order valence-electron chi connectivity index (χ1n) is 3.82. The van der Waals surface area contributed by atoms with Gasteiger partial charge in [0.25, 0.3) is 0 Å². The van der Waals surface area contributed by atoms with Gasteiger partial charge in [-0.1, -0.05) is 0 Å². The lowest BCUT2D eigenvalue weighted by molar-refractivity contribution is 0.0944. The Balaban J connectivity index is 2.48. The third kappa shape index (κ3) is 1.52. The van der Waals surface area contributed by atoms with Crippen molar-refractivity contribution in [3.63, 3.8) is 0 Å². The molecule has 1 saturated carbocycles. The van der Waals surface area contributed by atoms with Gasteiger partial charge in [-0.25, -0.2) is 0 Å². The van der Waals surface area contributed by atoms with Crippen molar-refractivity contribution in [3.05, 3.63) is 0 Å². The van der Waals surface area contributed by atoms with Crippen LogP contribution in [0.15, 0.2) is 0 Å². The predicted molar refractivity (Wildman–Crippen MR) is 41.4 cm³/mol. The number of aliphatic hydroxyl groups excluding tert-OH is 1. The van der Waals surface area contributed by atoms with Crippen LogP contribution in [-0.4, -0.2) is 11.2 Å². The van der Waals surface area contributed by atoms with Gasteiger partial charge in [-0.05, 0) is 32.6 Å². The van der Waals surface area contributed by atoms with Crippen molar-refractivity contribution < 1.29 is 5.11 Å². The SMILES string of the molecule is C#CC1(C)CCC(O)CC1. The molecule has 0 saturated heterocycles. The first-order valence-corrected chi connectivity index (χ1v) is 3.82. The van der Waals surface area contributed by atoms with Crippen LogP contribution in [0, 0.1) is 17.8 Å². The maximum Gasteiger partial charge on any atom is 0.0541 e. The molecule has 0 aromatic rings. The Bertz CT molecular complexity index is 147. The minimum atomic E-state index is -0.0959.